The minimum absolute atomic E-state index is 0.225. The Bertz CT molecular complexity index is 496. The smallest absolute Gasteiger partial charge is 0.115 e. The maximum absolute atomic E-state index is 9.82. The molecule has 3 atom stereocenters. The van der Waals surface area contributed by atoms with Crippen LogP contribution in [0.4, 0.5) is 0 Å². The number of phenols is 1. The van der Waals surface area contributed by atoms with Gasteiger partial charge in [-0.2, -0.15) is 0 Å². The van der Waals surface area contributed by atoms with Crippen LogP contribution in [0.15, 0.2) is 18.2 Å². The van der Waals surface area contributed by atoms with Crippen molar-refractivity contribution in [2.45, 2.75) is 58.0 Å². The van der Waals surface area contributed by atoms with Crippen molar-refractivity contribution in [3.05, 3.63) is 29.3 Å². The summed E-state index contributed by atoms with van der Waals surface area (Å²) in [5.41, 5.74) is 3.05. The van der Waals surface area contributed by atoms with Gasteiger partial charge >= 0.3 is 0 Å². The van der Waals surface area contributed by atoms with E-state index in [9.17, 15) is 5.11 Å². The summed E-state index contributed by atoms with van der Waals surface area (Å²) in [5, 5.41) is 9.82. The number of benzene rings is 1. The molecule has 104 valence electrons. The van der Waals surface area contributed by atoms with E-state index in [0.29, 0.717) is 23.8 Å². The molecule has 2 heteroatoms. The van der Waals surface area contributed by atoms with Gasteiger partial charge in [-0.1, -0.05) is 19.9 Å². The maximum Gasteiger partial charge on any atom is 0.115 e. The zero-order valence-corrected chi connectivity index (χ0v) is 12.5. The molecule has 1 aromatic rings. The summed E-state index contributed by atoms with van der Waals surface area (Å²) in [6, 6.07) is 7.25. The molecule has 1 aliphatic carbocycles. The van der Waals surface area contributed by atoms with E-state index < -0.39 is 0 Å². The molecule has 1 unspecified atom stereocenters. The summed E-state index contributed by atoms with van der Waals surface area (Å²) in [6.45, 7) is 10.6. The minimum atomic E-state index is 0.225. The Morgan fingerprint density at radius 1 is 1.37 bits per heavy atom. The topological polar surface area (TPSA) is 23.5 Å². The Morgan fingerprint density at radius 3 is 2.79 bits per heavy atom. The molecule has 0 spiro atoms. The predicted molar refractivity (Wildman–Crippen MR) is 78.6 cm³/mol. The van der Waals surface area contributed by atoms with Crippen molar-refractivity contribution in [1.82, 2.24) is 4.90 Å². The van der Waals surface area contributed by atoms with Crippen molar-refractivity contribution in [3.8, 4) is 5.75 Å². The predicted octanol–water partition coefficient (Wildman–Crippen LogP) is 3.32. The second kappa shape index (κ2) is 4.24. The van der Waals surface area contributed by atoms with Crippen molar-refractivity contribution < 1.29 is 5.11 Å². The molecule has 0 amide bonds. The molecule has 2 bridgehead atoms. The zero-order valence-electron chi connectivity index (χ0n) is 12.5. The van der Waals surface area contributed by atoms with E-state index in [1.807, 2.05) is 12.1 Å². The lowest BCUT2D eigenvalue weighted by Crippen LogP contribution is -2.59. The van der Waals surface area contributed by atoms with Gasteiger partial charge < -0.3 is 5.11 Å². The van der Waals surface area contributed by atoms with Gasteiger partial charge in [-0.15, -0.1) is 0 Å². The number of phenolic OH excluding ortho intramolecular Hbond substituents is 1. The van der Waals surface area contributed by atoms with E-state index in [1.54, 1.807) is 0 Å². The first kappa shape index (κ1) is 13.0. The first-order chi connectivity index (χ1) is 8.93. The molecule has 0 aromatic heterocycles. The van der Waals surface area contributed by atoms with Crippen LogP contribution < -0.4 is 0 Å². The van der Waals surface area contributed by atoms with Gasteiger partial charge in [-0.25, -0.2) is 0 Å². The number of fused-ring (bicyclic) bond motifs is 4. The Hall–Kier alpha value is -1.02. The molecule has 1 saturated heterocycles. The third-order valence-corrected chi connectivity index (χ3v) is 5.70. The Labute approximate surface area is 116 Å². The second-order valence-electron chi connectivity index (χ2n) is 6.90. The lowest BCUT2D eigenvalue weighted by atomic mass is 9.59. The van der Waals surface area contributed by atoms with Crippen molar-refractivity contribution in [1.29, 1.82) is 0 Å². The average molecular weight is 259 g/mol. The molecule has 2 nitrogen and oxygen atoms in total. The van der Waals surface area contributed by atoms with E-state index >= 15 is 0 Å². The normalized spacial score (nSPS) is 34.4. The third kappa shape index (κ3) is 1.80. The first-order valence-corrected chi connectivity index (χ1v) is 7.51. The highest BCUT2D eigenvalue weighted by Gasteiger charge is 2.48. The summed E-state index contributed by atoms with van der Waals surface area (Å²) in [6.07, 6.45) is 2.32. The van der Waals surface area contributed by atoms with E-state index in [0.717, 1.165) is 6.42 Å². The molecule has 1 aromatic carbocycles. The van der Waals surface area contributed by atoms with Crippen LogP contribution in [0, 0.1) is 5.92 Å². The van der Waals surface area contributed by atoms with Gasteiger partial charge in [0.2, 0.25) is 0 Å². The fraction of sp³-hybridized carbons (Fsp3) is 0.647. The number of piperidine rings is 1. The zero-order chi connectivity index (χ0) is 13.8. The van der Waals surface area contributed by atoms with E-state index in [4.69, 9.17) is 0 Å². The SMILES string of the molecule is CC(C)N1CC[C@]2(C)c3cc(O)ccc3CC1[C@@H]2C. The Morgan fingerprint density at radius 2 is 2.11 bits per heavy atom. The molecule has 19 heavy (non-hydrogen) atoms. The molecule has 1 aliphatic heterocycles. The van der Waals surface area contributed by atoms with Gasteiger partial charge in [0, 0.05) is 12.1 Å². The van der Waals surface area contributed by atoms with Gasteiger partial charge in [0.25, 0.3) is 0 Å². The van der Waals surface area contributed by atoms with Crippen LogP contribution in [0.25, 0.3) is 0 Å². The van der Waals surface area contributed by atoms with Crippen molar-refractivity contribution in [2.24, 2.45) is 5.92 Å². The fourth-order valence-corrected chi connectivity index (χ4v) is 4.28. The largest absolute Gasteiger partial charge is 0.508 e. The van der Waals surface area contributed by atoms with Crippen molar-refractivity contribution in [2.75, 3.05) is 6.54 Å². The minimum Gasteiger partial charge on any atom is -0.508 e. The van der Waals surface area contributed by atoms with Crippen LogP contribution >= 0.6 is 0 Å². The molecular weight excluding hydrogens is 234 g/mol. The van der Waals surface area contributed by atoms with Crippen LogP contribution in [0.5, 0.6) is 5.75 Å². The van der Waals surface area contributed by atoms with Gasteiger partial charge in [-0.05, 0) is 67.8 Å². The molecule has 2 aliphatic rings. The number of hydrogen-bond donors (Lipinski definition) is 1. The van der Waals surface area contributed by atoms with Crippen LogP contribution in [-0.2, 0) is 11.8 Å². The van der Waals surface area contributed by atoms with Crippen LogP contribution in [-0.4, -0.2) is 28.6 Å². The fourth-order valence-electron chi connectivity index (χ4n) is 4.28. The molecule has 1 N–H and O–H groups in total. The molecule has 1 heterocycles. The quantitative estimate of drug-likeness (QED) is 0.836. The number of nitrogens with zero attached hydrogens (tertiary/aromatic N) is 1. The number of rotatable bonds is 1. The number of likely N-dealkylation sites (tertiary alicyclic amines) is 1. The van der Waals surface area contributed by atoms with Gasteiger partial charge in [0.15, 0.2) is 0 Å². The van der Waals surface area contributed by atoms with Gasteiger partial charge in [0.05, 0.1) is 0 Å². The first-order valence-electron chi connectivity index (χ1n) is 7.51. The van der Waals surface area contributed by atoms with Crippen LogP contribution in [0.3, 0.4) is 0 Å². The van der Waals surface area contributed by atoms with Gasteiger partial charge in [-0.3, -0.25) is 4.90 Å². The summed E-state index contributed by atoms with van der Waals surface area (Å²) in [5.74, 6) is 1.06. The molecule has 0 saturated carbocycles. The summed E-state index contributed by atoms with van der Waals surface area (Å²) >= 11 is 0. The second-order valence-corrected chi connectivity index (χ2v) is 6.90. The van der Waals surface area contributed by atoms with E-state index in [-0.39, 0.29) is 5.41 Å². The van der Waals surface area contributed by atoms with Crippen LogP contribution in [0.2, 0.25) is 0 Å². The highest BCUT2D eigenvalue weighted by molar-refractivity contribution is 5.44. The van der Waals surface area contributed by atoms with E-state index in [2.05, 4.69) is 38.7 Å². The molecule has 3 rings (SSSR count). The summed E-state index contributed by atoms with van der Waals surface area (Å²) in [4.78, 5) is 2.67. The average Bonchev–Trinajstić information content (AvgIpc) is 2.34. The lowest BCUT2D eigenvalue weighted by Gasteiger charge is -2.55. The lowest BCUT2D eigenvalue weighted by molar-refractivity contribution is 0.0110. The number of hydrogen-bond acceptors (Lipinski definition) is 2. The van der Waals surface area contributed by atoms with E-state index in [1.165, 1.54) is 24.1 Å². The molecular formula is C17H25NO. The molecule has 1 fully saturated rings. The molecule has 0 radical (unpaired) electrons. The monoisotopic (exact) mass is 259 g/mol. The highest BCUT2D eigenvalue weighted by atomic mass is 16.3. The summed E-state index contributed by atoms with van der Waals surface area (Å²) in [7, 11) is 0. The highest BCUT2D eigenvalue weighted by Crippen LogP contribution is 2.49. The Kier molecular flexibility index (Phi) is 2.90. The standard InChI is InChI=1S/C17H25NO/c1-11(2)18-8-7-17(4)12(3)16(18)9-13-5-6-14(19)10-15(13)17/h5-6,10-12,16,19H,7-9H2,1-4H3/t12-,16?,17-/m0/s1. The number of aromatic hydroxyl groups is 1. The van der Waals surface area contributed by atoms with Gasteiger partial charge in [0.1, 0.15) is 5.75 Å². The third-order valence-electron chi connectivity index (χ3n) is 5.70. The maximum atomic E-state index is 9.82. The van der Waals surface area contributed by atoms with Crippen molar-refractivity contribution in [3.63, 3.8) is 0 Å². The summed E-state index contributed by atoms with van der Waals surface area (Å²) < 4.78 is 0. The van der Waals surface area contributed by atoms with Crippen LogP contribution in [0.1, 0.15) is 45.2 Å². The Balaban J connectivity index is 2.09. The van der Waals surface area contributed by atoms with Crippen molar-refractivity contribution >= 4 is 0 Å².